The Kier molecular flexibility index (Phi) is 10.2. The number of nitrogens with zero attached hydrogens (tertiary/aromatic N) is 4. The normalized spacial score (nSPS) is 17.1. The van der Waals surface area contributed by atoms with Gasteiger partial charge in [0.25, 0.3) is 5.91 Å². The molecule has 3 aromatic rings. The van der Waals surface area contributed by atoms with Gasteiger partial charge in [0.05, 0.1) is 21.9 Å². The number of likely N-dealkylation sites (N-methyl/N-ethyl adjacent to an activating group) is 1. The number of hydrogen-bond donors (Lipinski definition) is 2. The average molecular weight is 589 g/mol. The number of hydrogen-bond acceptors (Lipinski definition) is 7. The molecule has 0 aliphatic carbocycles. The van der Waals surface area contributed by atoms with Crippen LogP contribution in [0.25, 0.3) is 0 Å². The van der Waals surface area contributed by atoms with E-state index in [9.17, 15) is 13.2 Å². The second kappa shape index (κ2) is 13.8. The van der Waals surface area contributed by atoms with Crippen LogP contribution in [0.3, 0.4) is 0 Å². The first-order valence-electron chi connectivity index (χ1n) is 14.2. The van der Waals surface area contributed by atoms with E-state index in [0.717, 1.165) is 29.8 Å². The number of nitrogen functional groups attached to an aromatic ring is 1. The topological polar surface area (TPSA) is 111 Å². The van der Waals surface area contributed by atoms with Crippen LogP contribution in [0.5, 0.6) is 0 Å². The number of anilines is 3. The van der Waals surface area contributed by atoms with Crippen molar-refractivity contribution in [1.29, 1.82) is 0 Å². The minimum atomic E-state index is -3.56. The van der Waals surface area contributed by atoms with Gasteiger partial charge in [-0.15, -0.1) is 0 Å². The number of para-hydroxylation sites is 2. The van der Waals surface area contributed by atoms with E-state index in [1.54, 1.807) is 37.4 Å². The fourth-order valence-corrected chi connectivity index (χ4v) is 6.19. The molecule has 0 saturated carbocycles. The third-order valence-electron chi connectivity index (χ3n) is 7.45. The van der Waals surface area contributed by atoms with Gasteiger partial charge in [-0.1, -0.05) is 50.2 Å². The van der Waals surface area contributed by atoms with Gasteiger partial charge in [-0.3, -0.25) is 4.79 Å². The summed E-state index contributed by atoms with van der Waals surface area (Å²) in [5.41, 5.74) is 11.5. The molecule has 3 N–H and O–H groups in total. The molecule has 10 heteroatoms. The Morgan fingerprint density at radius 2 is 1.48 bits per heavy atom. The van der Waals surface area contributed by atoms with Crippen LogP contribution in [0.1, 0.15) is 31.9 Å². The standard InChI is InChI=1S/C24H29N5O3S.C8H11N/c1-4-19-7-5-6-8-23(19)25-17-22-18(2)26-29(24(22)30)20-9-11-21(12-10-20)33(31,32)28-15-13-27(3)14-16-28;1-2-7-5-3-4-6-8(7)9/h5-12,17,25H,4,13-16H2,1-3H3;3-6H,2,9H2,1H3/b22-17-;. The minimum absolute atomic E-state index is 0.219. The molecule has 1 fully saturated rings. The Balaban J connectivity index is 0.000000385. The Bertz CT molecular complexity index is 1560. The van der Waals surface area contributed by atoms with Crippen molar-refractivity contribution < 1.29 is 13.2 Å². The molecular formula is C32H40N6O3S. The largest absolute Gasteiger partial charge is 0.399 e. The second-order valence-electron chi connectivity index (χ2n) is 10.3. The first-order chi connectivity index (χ1) is 20.1. The van der Waals surface area contributed by atoms with Gasteiger partial charge in [0.2, 0.25) is 10.0 Å². The van der Waals surface area contributed by atoms with Gasteiger partial charge in [0, 0.05) is 43.8 Å². The quantitative estimate of drug-likeness (QED) is 0.305. The van der Waals surface area contributed by atoms with Crippen LogP contribution in [0.2, 0.25) is 0 Å². The molecule has 1 amide bonds. The number of hydrazone groups is 1. The van der Waals surface area contributed by atoms with Crippen molar-refractivity contribution in [1.82, 2.24) is 9.21 Å². The SMILES string of the molecule is CCc1ccccc1N.CCc1ccccc1N/C=C1\C(=O)N(c2ccc(S(=O)(=O)N3CCN(C)CC3)cc2)N=C1C. The molecule has 0 spiro atoms. The summed E-state index contributed by atoms with van der Waals surface area (Å²) < 4.78 is 27.4. The van der Waals surface area contributed by atoms with Gasteiger partial charge < -0.3 is 16.0 Å². The lowest BCUT2D eigenvalue weighted by Gasteiger charge is -2.31. The van der Waals surface area contributed by atoms with Crippen molar-refractivity contribution in [3.63, 3.8) is 0 Å². The van der Waals surface area contributed by atoms with E-state index in [1.165, 1.54) is 14.9 Å². The molecular weight excluding hydrogens is 548 g/mol. The molecule has 222 valence electrons. The zero-order valence-electron chi connectivity index (χ0n) is 24.7. The lowest BCUT2D eigenvalue weighted by molar-refractivity contribution is -0.114. The molecule has 0 aromatic heterocycles. The van der Waals surface area contributed by atoms with Crippen molar-refractivity contribution in [2.24, 2.45) is 5.10 Å². The number of piperazine rings is 1. The molecule has 1 saturated heterocycles. The summed E-state index contributed by atoms with van der Waals surface area (Å²) in [5.74, 6) is -0.261. The molecule has 0 bridgehead atoms. The van der Waals surface area contributed by atoms with E-state index in [-0.39, 0.29) is 10.8 Å². The van der Waals surface area contributed by atoms with Gasteiger partial charge in [-0.05, 0) is 74.3 Å². The minimum Gasteiger partial charge on any atom is -0.399 e. The Labute approximate surface area is 249 Å². The smallest absolute Gasteiger partial charge is 0.282 e. The molecule has 3 aromatic carbocycles. The summed E-state index contributed by atoms with van der Waals surface area (Å²) in [7, 11) is -1.58. The van der Waals surface area contributed by atoms with Gasteiger partial charge in [0.15, 0.2) is 0 Å². The average Bonchev–Trinajstić information content (AvgIpc) is 3.29. The molecule has 9 nitrogen and oxygen atoms in total. The maximum atomic E-state index is 13.0. The molecule has 2 aliphatic rings. The Hall–Kier alpha value is -3.99. The summed E-state index contributed by atoms with van der Waals surface area (Å²) in [5, 5.41) is 8.93. The molecule has 5 rings (SSSR count). The Morgan fingerprint density at radius 3 is 2.07 bits per heavy atom. The van der Waals surface area contributed by atoms with Crippen LogP contribution in [0.15, 0.2) is 94.6 Å². The zero-order chi connectivity index (χ0) is 30.3. The van der Waals surface area contributed by atoms with E-state index in [1.807, 2.05) is 49.5 Å². The highest BCUT2D eigenvalue weighted by Crippen LogP contribution is 2.27. The van der Waals surface area contributed by atoms with Gasteiger partial charge in [-0.25, -0.2) is 8.42 Å². The number of aryl methyl sites for hydroxylation is 2. The first-order valence-corrected chi connectivity index (χ1v) is 15.7. The molecule has 0 atom stereocenters. The van der Waals surface area contributed by atoms with Crippen LogP contribution in [-0.2, 0) is 27.7 Å². The van der Waals surface area contributed by atoms with E-state index in [4.69, 9.17) is 5.73 Å². The van der Waals surface area contributed by atoms with Crippen molar-refractivity contribution in [2.75, 3.05) is 49.3 Å². The number of carbonyl (C=O) groups is 1. The molecule has 2 heterocycles. The summed E-state index contributed by atoms with van der Waals surface area (Å²) in [6.45, 7) is 8.32. The summed E-state index contributed by atoms with van der Waals surface area (Å²) in [6.07, 6.45) is 3.58. The maximum Gasteiger partial charge on any atom is 0.282 e. The molecule has 42 heavy (non-hydrogen) atoms. The van der Waals surface area contributed by atoms with Gasteiger partial charge in [-0.2, -0.15) is 14.4 Å². The van der Waals surface area contributed by atoms with Crippen LogP contribution in [0.4, 0.5) is 17.1 Å². The van der Waals surface area contributed by atoms with E-state index < -0.39 is 10.0 Å². The monoisotopic (exact) mass is 588 g/mol. The highest BCUT2D eigenvalue weighted by Gasteiger charge is 2.30. The fourth-order valence-electron chi connectivity index (χ4n) is 4.77. The van der Waals surface area contributed by atoms with Crippen LogP contribution < -0.4 is 16.1 Å². The van der Waals surface area contributed by atoms with Crippen molar-refractivity contribution >= 4 is 38.7 Å². The van der Waals surface area contributed by atoms with E-state index in [2.05, 4.69) is 35.2 Å². The summed E-state index contributed by atoms with van der Waals surface area (Å²) in [4.78, 5) is 15.3. The van der Waals surface area contributed by atoms with Crippen molar-refractivity contribution in [3.8, 4) is 0 Å². The summed E-state index contributed by atoms with van der Waals surface area (Å²) in [6, 6.07) is 22.2. The first kappa shape index (κ1) is 31.0. The van der Waals surface area contributed by atoms with E-state index in [0.29, 0.717) is 43.2 Å². The maximum absolute atomic E-state index is 13.0. The van der Waals surface area contributed by atoms with Crippen LogP contribution in [-0.4, -0.2) is 62.5 Å². The summed E-state index contributed by atoms with van der Waals surface area (Å²) >= 11 is 0. The lowest BCUT2D eigenvalue weighted by Crippen LogP contribution is -2.47. The molecule has 0 radical (unpaired) electrons. The molecule has 2 aliphatic heterocycles. The number of rotatable bonds is 7. The Morgan fingerprint density at radius 1 is 0.881 bits per heavy atom. The van der Waals surface area contributed by atoms with Gasteiger partial charge >= 0.3 is 0 Å². The number of nitrogens with two attached hydrogens (primary N) is 1. The number of nitrogens with one attached hydrogen (secondary N) is 1. The predicted molar refractivity (Wildman–Crippen MR) is 171 cm³/mol. The number of benzene rings is 3. The number of carbonyl (C=O) groups excluding carboxylic acids is 1. The lowest BCUT2D eigenvalue weighted by atomic mass is 10.1. The zero-order valence-corrected chi connectivity index (χ0v) is 25.6. The number of sulfonamides is 1. The predicted octanol–water partition coefficient (Wildman–Crippen LogP) is 4.73. The van der Waals surface area contributed by atoms with Crippen molar-refractivity contribution in [2.45, 2.75) is 38.5 Å². The number of amides is 1. The molecule has 0 unspecified atom stereocenters. The fraction of sp³-hybridized carbons (Fsp3) is 0.312. The third kappa shape index (κ3) is 7.07. The highest BCUT2D eigenvalue weighted by molar-refractivity contribution is 7.89. The van der Waals surface area contributed by atoms with E-state index >= 15 is 0 Å². The van der Waals surface area contributed by atoms with Crippen molar-refractivity contribution in [3.05, 3.63) is 95.7 Å². The highest BCUT2D eigenvalue weighted by atomic mass is 32.2. The van der Waals surface area contributed by atoms with Crippen LogP contribution >= 0.6 is 0 Å². The van der Waals surface area contributed by atoms with Gasteiger partial charge in [0.1, 0.15) is 0 Å². The van der Waals surface area contributed by atoms with Crippen LogP contribution in [0, 0.1) is 0 Å². The second-order valence-corrected chi connectivity index (χ2v) is 12.2. The third-order valence-corrected chi connectivity index (χ3v) is 9.36.